The van der Waals surface area contributed by atoms with Gasteiger partial charge in [-0.3, -0.25) is 4.79 Å². The Balaban J connectivity index is 1.67. The number of hydrogen-bond donors (Lipinski definition) is 1. The molecule has 5 rings (SSSR count). The summed E-state index contributed by atoms with van der Waals surface area (Å²) in [5, 5.41) is 3.91. The molecule has 0 spiro atoms. The van der Waals surface area contributed by atoms with E-state index in [1.165, 1.54) is 22.2 Å². The van der Waals surface area contributed by atoms with Gasteiger partial charge in [-0.2, -0.15) is 0 Å². The molecule has 1 amide bonds. The fourth-order valence-electron chi connectivity index (χ4n) is 3.66. The summed E-state index contributed by atoms with van der Waals surface area (Å²) in [7, 11) is 0. The van der Waals surface area contributed by atoms with Gasteiger partial charge in [-0.1, -0.05) is 18.2 Å². The molecule has 2 aliphatic heterocycles. The first kappa shape index (κ1) is 16.3. The van der Waals surface area contributed by atoms with Crippen molar-refractivity contribution in [3.63, 3.8) is 0 Å². The van der Waals surface area contributed by atoms with Gasteiger partial charge in [-0.15, -0.1) is 11.3 Å². The predicted octanol–water partition coefficient (Wildman–Crippen LogP) is 5.60. The number of rotatable bonds is 1. The van der Waals surface area contributed by atoms with Crippen molar-refractivity contribution in [1.82, 2.24) is 0 Å². The van der Waals surface area contributed by atoms with E-state index in [0.717, 1.165) is 10.5 Å². The Morgan fingerprint density at radius 3 is 2.74 bits per heavy atom. The molecule has 27 heavy (non-hydrogen) atoms. The van der Waals surface area contributed by atoms with E-state index in [2.05, 4.69) is 23.5 Å². The van der Waals surface area contributed by atoms with Crippen LogP contribution >= 0.6 is 11.3 Å². The molecule has 0 radical (unpaired) electrons. The van der Waals surface area contributed by atoms with E-state index in [1.807, 2.05) is 32.1 Å². The first-order valence-electron chi connectivity index (χ1n) is 8.68. The number of allylic oxidation sites excluding steroid dienone is 1. The van der Waals surface area contributed by atoms with Crippen molar-refractivity contribution < 1.29 is 13.9 Å². The predicted molar refractivity (Wildman–Crippen MR) is 107 cm³/mol. The molecule has 134 valence electrons. The summed E-state index contributed by atoms with van der Waals surface area (Å²) in [6.07, 6.45) is 1.94. The van der Waals surface area contributed by atoms with Gasteiger partial charge in [0.25, 0.3) is 5.91 Å². The molecule has 5 heteroatoms. The summed E-state index contributed by atoms with van der Waals surface area (Å²) < 4.78 is 20.9. The second kappa shape index (κ2) is 5.54. The monoisotopic (exact) mass is 377 g/mol. The maximum atomic E-state index is 13.5. The Bertz CT molecular complexity index is 1150. The lowest BCUT2D eigenvalue weighted by Crippen LogP contribution is -2.20. The van der Waals surface area contributed by atoms with Gasteiger partial charge in [-0.25, -0.2) is 4.39 Å². The number of amides is 1. The molecule has 2 aliphatic rings. The smallest absolute Gasteiger partial charge is 0.260 e. The lowest BCUT2D eigenvalue weighted by Gasteiger charge is -2.22. The van der Waals surface area contributed by atoms with Crippen LogP contribution in [0, 0.1) is 5.82 Å². The Labute approximate surface area is 159 Å². The molecule has 0 fully saturated rings. The maximum absolute atomic E-state index is 13.5. The highest BCUT2D eigenvalue weighted by molar-refractivity contribution is 7.20. The molecule has 0 unspecified atom stereocenters. The number of halogens is 1. The molecule has 3 aromatic rings. The summed E-state index contributed by atoms with van der Waals surface area (Å²) in [6.45, 7) is 3.99. The van der Waals surface area contributed by atoms with Crippen LogP contribution in [0.5, 0.6) is 0 Å². The summed E-state index contributed by atoms with van der Waals surface area (Å²) in [6, 6.07) is 14.7. The number of anilines is 1. The normalized spacial score (nSPS) is 20.4. The number of ether oxygens (including phenoxy) is 1. The zero-order valence-corrected chi connectivity index (χ0v) is 15.6. The van der Waals surface area contributed by atoms with E-state index < -0.39 is 5.60 Å². The molecule has 1 N–H and O–H groups in total. The average molecular weight is 377 g/mol. The molecular weight excluding hydrogens is 361 g/mol. The lowest BCUT2D eigenvalue weighted by atomic mass is 9.97. The van der Waals surface area contributed by atoms with Crippen LogP contribution in [-0.2, 0) is 9.53 Å². The Morgan fingerprint density at radius 2 is 1.93 bits per heavy atom. The second-order valence-corrected chi connectivity index (χ2v) is 8.29. The number of carbonyl (C=O) groups excluding carboxylic acids is 1. The number of fused-ring (bicyclic) bond motifs is 2. The molecule has 0 saturated heterocycles. The average Bonchev–Trinajstić information content (AvgIpc) is 3.25. The van der Waals surface area contributed by atoms with Crippen LogP contribution in [0.3, 0.4) is 0 Å². The third-order valence-corrected chi connectivity index (χ3v) is 6.10. The number of benzene rings is 2. The number of carbonyl (C=O) groups is 1. The van der Waals surface area contributed by atoms with E-state index in [4.69, 9.17) is 4.74 Å². The topological polar surface area (TPSA) is 38.3 Å². The SMILES string of the molecule is CC1(C)OC(=C2C(=O)Nc3cc(F)ccc32)C=C1c1cc2ccccc2s1. The minimum atomic E-state index is -0.563. The van der Waals surface area contributed by atoms with Crippen molar-refractivity contribution in [2.75, 3.05) is 5.32 Å². The van der Waals surface area contributed by atoms with Crippen molar-refractivity contribution in [3.8, 4) is 0 Å². The van der Waals surface area contributed by atoms with E-state index in [-0.39, 0.29) is 11.7 Å². The van der Waals surface area contributed by atoms with Crippen LogP contribution in [0.4, 0.5) is 10.1 Å². The Morgan fingerprint density at radius 1 is 1.11 bits per heavy atom. The fourth-order valence-corrected chi connectivity index (χ4v) is 4.89. The van der Waals surface area contributed by atoms with Crippen molar-refractivity contribution in [2.45, 2.75) is 19.4 Å². The zero-order chi connectivity index (χ0) is 18.8. The number of hydrogen-bond acceptors (Lipinski definition) is 3. The minimum Gasteiger partial charge on any atom is -0.482 e. The Kier molecular flexibility index (Phi) is 3.34. The van der Waals surface area contributed by atoms with Crippen LogP contribution in [0.15, 0.2) is 60.4 Å². The molecule has 0 bridgehead atoms. The van der Waals surface area contributed by atoms with Gasteiger partial charge in [0, 0.05) is 20.7 Å². The fraction of sp³-hybridized carbons (Fsp3) is 0.136. The first-order valence-corrected chi connectivity index (χ1v) is 9.50. The van der Waals surface area contributed by atoms with Gasteiger partial charge < -0.3 is 10.1 Å². The van der Waals surface area contributed by atoms with Gasteiger partial charge in [-0.05, 0) is 55.6 Å². The highest BCUT2D eigenvalue weighted by Crippen LogP contribution is 2.46. The summed E-state index contributed by atoms with van der Waals surface area (Å²) in [5.74, 6) is -0.125. The number of nitrogens with one attached hydrogen (secondary N) is 1. The first-order chi connectivity index (χ1) is 12.9. The number of thiophene rings is 1. The van der Waals surface area contributed by atoms with Crippen LogP contribution in [0.1, 0.15) is 24.3 Å². The van der Waals surface area contributed by atoms with Crippen LogP contribution in [-0.4, -0.2) is 11.5 Å². The lowest BCUT2D eigenvalue weighted by molar-refractivity contribution is -0.111. The van der Waals surface area contributed by atoms with Crippen molar-refractivity contribution >= 4 is 44.2 Å². The Hall–Kier alpha value is -2.92. The molecule has 0 atom stereocenters. The summed E-state index contributed by atoms with van der Waals surface area (Å²) in [5.41, 5.74) is 2.07. The molecule has 0 aliphatic carbocycles. The molecule has 3 heterocycles. The highest BCUT2D eigenvalue weighted by atomic mass is 32.1. The summed E-state index contributed by atoms with van der Waals surface area (Å²) in [4.78, 5) is 13.6. The standard InChI is InChI=1S/C22H16FNO2S/c1-22(2)15(19-9-12-5-3-4-6-18(12)27-19)11-17(26-22)20-14-8-7-13(23)10-16(14)24-21(20)25/h3-11H,1-2H3,(H,24,25). The highest BCUT2D eigenvalue weighted by Gasteiger charge is 2.38. The quantitative estimate of drug-likeness (QED) is 0.561. The maximum Gasteiger partial charge on any atom is 0.260 e. The van der Waals surface area contributed by atoms with Gasteiger partial charge in [0.15, 0.2) is 0 Å². The van der Waals surface area contributed by atoms with E-state index in [9.17, 15) is 9.18 Å². The van der Waals surface area contributed by atoms with Crippen molar-refractivity contribution in [1.29, 1.82) is 0 Å². The van der Waals surface area contributed by atoms with Crippen LogP contribution in [0.2, 0.25) is 0 Å². The van der Waals surface area contributed by atoms with Gasteiger partial charge in [0.1, 0.15) is 17.2 Å². The third kappa shape index (κ3) is 2.50. The van der Waals surface area contributed by atoms with Crippen molar-refractivity contribution in [3.05, 3.63) is 76.6 Å². The molecule has 1 aromatic heterocycles. The van der Waals surface area contributed by atoms with E-state index >= 15 is 0 Å². The van der Waals surface area contributed by atoms with Crippen molar-refractivity contribution in [2.24, 2.45) is 0 Å². The molecular formula is C22H16FNO2S. The largest absolute Gasteiger partial charge is 0.482 e. The van der Waals surface area contributed by atoms with E-state index in [1.54, 1.807) is 17.4 Å². The minimum absolute atomic E-state index is 0.268. The van der Waals surface area contributed by atoms with Gasteiger partial charge in [0.05, 0.1) is 11.3 Å². The van der Waals surface area contributed by atoms with Gasteiger partial charge >= 0.3 is 0 Å². The van der Waals surface area contributed by atoms with E-state index in [0.29, 0.717) is 22.6 Å². The molecule has 0 saturated carbocycles. The third-order valence-electron chi connectivity index (χ3n) is 4.95. The van der Waals surface area contributed by atoms with Gasteiger partial charge in [0.2, 0.25) is 0 Å². The zero-order valence-electron chi connectivity index (χ0n) is 14.8. The molecule has 2 aromatic carbocycles. The summed E-state index contributed by atoms with van der Waals surface area (Å²) >= 11 is 1.71. The second-order valence-electron chi connectivity index (χ2n) is 7.20. The van der Waals surface area contributed by atoms with Crippen LogP contribution < -0.4 is 5.32 Å². The molecule has 3 nitrogen and oxygen atoms in total. The van der Waals surface area contributed by atoms with Crippen LogP contribution in [0.25, 0.3) is 21.2 Å².